The zero-order valence-electron chi connectivity index (χ0n) is 13.7. The van der Waals surface area contributed by atoms with Crippen LogP contribution in [-0.2, 0) is 6.42 Å². The summed E-state index contributed by atoms with van der Waals surface area (Å²) in [5.41, 5.74) is 3.64. The number of halogens is 1. The van der Waals surface area contributed by atoms with Gasteiger partial charge in [0, 0.05) is 44.3 Å². The molecule has 2 aromatic rings. The maximum absolute atomic E-state index is 13.2. The molecule has 1 aromatic heterocycles. The van der Waals surface area contributed by atoms with Crippen LogP contribution in [0.1, 0.15) is 17.5 Å². The summed E-state index contributed by atoms with van der Waals surface area (Å²) >= 11 is 0. The van der Waals surface area contributed by atoms with Crippen molar-refractivity contribution in [1.29, 1.82) is 0 Å². The van der Waals surface area contributed by atoms with Gasteiger partial charge < -0.3 is 4.90 Å². The minimum Gasteiger partial charge on any atom is -0.369 e. The molecule has 0 amide bonds. The van der Waals surface area contributed by atoms with E-state index in [1.54, 1.807) is 12.1 Å². The van der Waals surface area contributed by atoms with Crippen molar-refractivity contribution in [2.24, 2.45) is 0 Å². The van der Waals surface area contributed by atoms with Crippen LogP contribution in [0.5, 0.6) is 0 Å². The number of benzene rings is 1. The topological polar surface area (TPSA) is 19.4 Å². The summed E-state index contributed by atoms with van der Waals surface area (Å²) < 4.78 is 13.2. The molecular formula is C19H24FN3. The molecule has 1 aliphatic rings. The first-order valence-electron chi connectivity index (χ1n) is 8.35. The van der Waals surface area contributed by atoms with E-state index >= 15 is 0 Å². The molecule has 23 heavy (non-hydrogen) atoms. The zero-order valence-corrected chi connectivity index (χ0v) is 13.7. The number of hydrogen-bond acceptors (Lipinski definition) is 3. The molecule has 0 atom stereocenters. The van der Waals surface area contributed by atoms with E-state index in [2.05, 4.69) is 27.8 Å². The third kappa shape index (κ3) is 4.29. The normalized spacial score (nSPS) is 15.8. The highest BCUT2D eigenvalue weighted by Crippen LogP contribution is 2.20. The van der Waals surface area contributed by atoms with E-state index in [1.165, 1.54) is 17.3 Å². The van der Waals surface area contributed by atoms with Crippen LogP contribution in [0.25, 0.3) is 0 Å². The molecule has 0 aliphatic carbocycles. The second kappa shape index (κ2) is 7.55. The summed E-state index contributed by atoms with van der Waals surface area (Å²) in [7, 11) is 0. The second-order valence-corrected chi connectivity index (χ2v) is 6.22. The highest BCUT2D eigenvalue weighted by Gasteiger charge is 2.17. The largest absolute Gasteiger partial charge is 0.369 e. The molecule has 4 heteroatoms. The minimum absolute atomic E-state index is 0.135. The lowest BCUT2D eigenvalue weighted by Crippen LogP contribution is -2.46. The molecule has 1 aliphatic heterocycles. The first-order chi connectivity index (χ1) is 11.2. The van der Waals surface area contributed by atoms with Gasteiger partial charge in [0.15, 0.2) is 0 Å². The highest BCUT2D eigenvalue weighted by molar-refractivity contribution is 5.51. The van der Waals surface area contributed by atoms with Crippen molar-refractivity contribution in [3.8, 4) is 0 Å². The Labute approximate surface area is 137 Å². The predicted molar refractivity (Wildman–Crippen MR) is 92.3 cm³/mol. The molecule has 0 N–H and O–H groups in total. The van der Waals surface area contributed by atoms with Gasteiger partial charge in [-0.3, -0.25) is 9.88 Å². The van der Waals surface area contributed by atoms with Gasteiger partial charge in [-0.05, 0) is 55.6 Å². The number of pyridine rings is 1. The first-order valence-corrected chi connectivity index (χ1v) is 8.35. The molecule has 1 aromatic carbocycles. The summed E-state index contributed by atoms with van der Waals surface area (Å²) in [6.45, 7) is 7.50. The molecule has 3 rings (SSSR count). The Morgan fingerprint density at radius 3 is 2.70 bits per heavy atom. The standard InChI is InChI=1S/C19H24FN3/c1-16-15-21-8-7-19(16)23-12-10-22(11-13-23)9-3-5-17-4-2-6-18(20)14-17/h2,4,6-8,14-15H,3,5,9-13H2,1H3. The Morgan fingerprint density at radius 1 is 1.13 bits per heavy atom. The van der Waals surface area contributed by atoms with Crippen molar-refractivity contribution in [2.75, 3.05) is 37.6 Å². The van der Waals surface area contributed by atoms with E-state index < -0.39 is 0 Å². The number of aromatic nitrogens is 1. The van der Waals surface area contributed by atoms with Gasteiger partial charge in [0.05, 0.1) is 0 Å². The third-order valence-corrected chi connectivity index (χ3v) is 4.53. The third-order valence-electron chi connectivity index (χ3n) is 4.53. The number of piperazine rings is 1. The van der Waals surface area contributed by atoms with E-state index in [0.29, 0.717) is 0 Å². The van der Waals surface area contributed by atoms with Crippen molar-refractivity contribution in [3.05, 3.63) is 59.7 Å². The fourth-order valence-electron chi connectivity index (χ4n) is 3.23. The maximum Gasteiger partial charge on any atom is 0.123 e. The maximum atomic E-state index is 13.2. The van der Waals surface area contributed by atoms with Crippen molar-refractivity contribution >= 4 is 5.69 Å². The van der Waals surface area contributed by atoms with Crippen LogP contribution in [0.4, 0.5) is 10.1 Å². The molecule has 3 nitrogen and oxygen atoms in total. The quantitative estimate of drug-likeness (QED) is 0.844. The van der Waals surface area contributed by atoms with E-state index in [4.69, 9.17) is 0 Å². The number of rotatable bonds is 5. The molecular weight excluding hydrogens is 289 g/mol. The second-order valence-electron chi connectivity index (χ2n) is 6.22. The van der Waals surface area contributed by atoms with E-state index in [1.807, 2.05) is 18.5 Å². The highest BCUT2D eigenvalue weighted by atomic mass is 19.1. The van der Waals surface area contributed by atoms with Crippen LogP contribution < -0.4 is 4.90 Å². The van der Waals surface area contributed by atoms with Crippen LogP contribution in [0.2, 0.25) is 0 Å². The Bertz CT molecular complexity index is 636. The van der Waals surface area contributed by atoms with Gasteiger partial charge in [-0.15, -0.1) is 0 Å². The van der Waals surface area contributed by atoms with Crippen LogP contribution in [0, 0.1) is 12.7 Å². The Morgan fingerprint density at radius 2 is 1.96 bits per heavy atom. The Balaban J connectivity index is 1.44. The summed E-state index contributed by atoms with van der Waals surface area (Å²) in [4.78, 5) is 9.12. The van der Waals surface area contributed by atoms with Gasteiger partial charge in [-0.2, -0.15) is 0 Å². The Kier molecular flexibility index (Phi) is 5.23. The molecule has 1 saturated heterocycles. The molecule has 122 valence electrons. The van der Waals surface area contributed by atoms with E-state index in [0.717, 1.165) is 51.1 Å². The minimum atomic E-state index is -0.135. The number of nitrogens with zero attached hydrogens (tertiary/aromatic N) is 3. The molecule has 2 heterocycles. The summed E-state index contributed by atoms with van der Waals surface area (Å²) in [5.74, 6) is -0.135. The van der Waals surface area contributed by atoms with Gasteiger partial charge >= 0.3 is 0 Å². The number of aryl methyl sites for hydroxylation is 2. The van der Waals surface area contributed by atoms with Gasteiger partial charge in [0.25, 0.3) is 0 Å². The lowest BCUT2D eigenvalue weighted by Gasteiger charge is -2.36. The average Bonchev–Trinajstić information content (AvgIpc) is 2.56. The lowest BCUT2D eigenvalue weighted by atomic mass is 10.1. The molecule has 0 unspecified atom stereocenters. The fourth-order valence-corrected chi connectivity index (χ4v) is 3.23. The van der Waals surface area contributed by atoms with Crippen molar-refractivity contribution in [2.45, 2.75) is 19.8 Å². The summed E-state index contributed by atoms with van der Waals surface area (Å²) in [6.07, 6.45) is 5.83. The van der Waals surface area contributed by atoms with Gasteiger partial charge in [-0.25, -0.2) is 4.39 Å². The summed E-state index contributed by atoms with van der Waals surface area (Å²) in [5, 5.41) is 0. The Hall–Kier alpha value is -1.94. The average molecular weight is 313 g/mol. The first kappa shape index (κ1) is 15.9. The molecule has 1 fully saturated rings. The molecule has 0 saturated carbocycles. The molecule has 0 spiro atoms. The molecule has 0 radical (unpaired) electrons. The van der Waals surface area contributed by atoms with Gasteiger partial charge in [0.2, 0.25) is 0 Å². The predicted octanol–water partition coefficient (Wildman–Crippen LogP) is 3.28. The van der Waals surface area contributed by atoms with Crippen LogP contribution in [0.15, 0.2) is 42.7 Å². The smallest absolute Gasteiger partial charge is 0.123 e. The SMILES string of the molecule is Cc1cnccc1N1CCN(CCCc2cccc(F)c2)CC1. The van der Waals surface area contributed by atoms with Gasteiger partial charge in [0.1, 0.15) is 5.82 Å². The zero-order chi connectivity index (χ0) is 16.1. The lowest BCUT2D eigenvalue weighted by molar-refractivity contribution is 0.255. The summed E-state index contributed by atoms with van der Waals surface area (Å²) in [6, 6.07) is 9.05. The van der Waals surface area contributed by atoms with E-state index in [-0.39, 0.29) is 5.82 Å². The van der Waals surface area contributed by atoms with Crippen LogP contribution >= 0.6 is 0 Å². The fraction of sp³-hybridized carbons (Fsp3) is 0.421. The molecule has 0 bridgehead atoms. The van der Waals surface area contributed by atoms with Gasteiger partial charge in [-0.1, -0.05) is 12.1 Å². The van der Waals surface area contributed by atoms with Crippen molar-refractivity contribution in [3.63, 3.8) is 0 Å². The van der Waals surface area contributed by atoms with Crippen molar-refractivity contribution < 1.29 is 4.39 Å². The van der Waals surface area contributed by atoms with E-state index in [9.17, 15) is 4.39 Å². The van der Waals surface area contributed by atoms with Crippen molar-refractivity contribution in [1.82, 2.24) is 9.88 Å². The van der Waals surface area contributed by atoms with Crippen LogP contribution in [-0.4, -0.2) is 42.6 Å². The monoisotopic (exact) mass is 313 g/mol. The van der Waals surface area contributed by atoms with Crippen LogP contribution in [0.3, 0.4) is 0 Å². The number of anilines is 1. The number of hydrogen-bond donors (Lipinski definition) is 0.